The van der Waals surface area contributed by atoms with E-state index in [4.69, 9.17) is 0 Å². The van der Waals surface area contributed by atoms with Crippen LogP contribution in [0.25, 0.3) is 0 Å². The van der Waals surface area contributed by atoms with Crippen molar-refractivity contribution in [2.75, 3.05) is 20.1 Å². The van der Waals surface area contributed by atoms with Crippen LogP contribution in [0.15, 0.2) is 48.8 Å². The van der Waals surface area contributed by atoms with E-state index in [0.29, 0.717) is 32.5 Å². The molecule has 2 amide bonds. The molecule has 7 nitrogen and oxygen atoms in total. The highest BCUT2D eigenvalue weighted by atomic mass is 19.1. The molecule has 32 heavy (non-hydrogen) atoms. The van der Waals surface area contributed by atoms with Gasteiger partial charge in [0.25, 0.3) is 0 Å². The molecule has 0 saturated carbocycles. The Balaban J connectivity index is 1.32. The molecule has 3 heterocycles. The summed E-state index contributed by atoms with van der Waals surface area (Å²) in [4.78, 5) is 33.8. The summed E-state index contributed by atoms with van der Waals surface area (Å²) >= 11 is 0. The lowest BCUT2D eigenvalue weighted by Crippen LogP contribution is -2.49. The number of nitrogens with one attached hydrogen (secondary N) is 2. The zero-order valence-corrected chi connectivity index (χ0v) is 18.3. The van der Waals surface area contributed by atoms with Crippen LogP contribution in [0.4, 0.5) is 4.39 Å². The molecule has 8 heteroatoms. The summed E-state index contributed by atoms with van der Waals surface area (Å²) in [5.74, 6) is -0.226. The highest BCUT2D eigenvalue weighted by Crippen LogP contribution is 2.28. The predicted molar refractivity (Wildman–Crippen MR) is 119 cm³/mol. The van der Waals surface area contributed by atoms with Crippen LogP contribution in [0.3, 0.4) is 0 Å². The van der Waals surface area contributed by atoms with Crippen LogP contribution in [-0.4, -0.2) is 64.9 Å². The summed E-state index contributed by atoms with van der Waals surface area (Å²) < 4.78 is 13.2. The van der Waals surface area contributed by atoms with Gasteiger partial charge in [0.2, 0.25) is 11.8 Å². The summed E-state index contributed by atoms with van der Waals surface area (Å²) in [6.07, 6.45) is 5.42. The van der Waals surface area contributed by atoms with Gasteiger partial charge in [-0.05, 0) is 49.2 Å². The first-order chi connectivity index (χ1) is 15.5. The van der Waals surface area contributed by atoms with Gasteiger partial charge < -0.3 is 10.6 Å². The largest absolute Gasteiger partial charge is 0.353 e. The number of benzene rings is 1. The quantitative estimate of drug-likeness (QED) is 0.687. The van der Waals surface area contributed by atoms with Gasteiger partial charge in [-0.1, -0.05) is 18.2 Å². The van der Waals surface area contributed by atoms with Gasteiger partial charge in [-0.15, -0.1) is 0 Å². The molecule has 2 saturated heterocycles. The van der Waals surface area contributed by atoms with Gasteiger partial charge in [0.15, 0.2) is 0 Å². The SMILES string of the molecule is CN1[C@@H](CCC(=O)NCc2cccnc2)CNC(=O)[C@@H]2[C@@H]1CCN2Cc1ccc(F)cc1. The average molecular weight is 440 g/mol. The first kappa shape index (κ1) is 22.4. The van der Waals surface area contributed by atoms with Crippen molar-refractivity contribution in [1.29, 1.82) is 0 Å². The van der Waals surface area contributed by atoms with E-state index in [2.05, 4.69) is 32.5 Å². The number of carbonyl (C=O) groups excluding carboxylic acids is 2. The van der Waals surface area contributed by atoms with E-state index in [9.17, 15) is 14.0 Å². The molecule has 0 bridgehead atoms. The zero-order chi connectivity index (χ0) is 22.5. The number of amides is 2. The summed E-state index contributed by atoms with van der Waals surface area (Å²) in [7, 11) is 2.05. The molecule has 1 aromatic carbocycles. The topological polar surface area (TPSA) is 77.6 Å². The zero-order valence-electron chi connectivity index (χ0n) is 18.3. The van der Waals surface area contributed by atoms with Crippen molar-refractivity contribution in [2.45, 2.75) is 50.5 Å². The second-order valence-electron chi connectivity index (χ2n) is 8.64. The van der Waals surface area contributed by atoms with Gasteiger partial charge in [-0.2, -0.15) is 0 Å². The lowest BCUT2D eigenvalue weighted by molar-refractivity contribution is -0.126. The van der Waals surface area contributed by atoms with E-state index in [-0.39, 0.29) is 35.8 Å². The average Bonchev–Trinajstić information content (AvgIpc) is 3.18. The Labute approximate surface area is 188 Å². The third-order valence-electron chi connectivity index (χ3n) is 6.57. The summed E-state index contributed by atoms with van der Waals surface area (Å²) in [5.41, 5.74) is 1.96. The third-order valence-corrected chi connectivity index (χ3v) is 6.57. The Kier molecular flexibility index (Phi) is 7.12. The van der Waals surface area contributed by atoms with Crippen molar-refractivity contribution in [3.63, 3.8) is 0 Å². The molecule has 2 aromatic rings. The molecule has 0 aliphatic carbocycles. The molecule has 0 radical (unpaired) electrons. The first-order valence-electron chi connectivity index (χ1n) is 11.1. The maximum absolute atomic E-state index is 13.2. The Morgan fingerprint density at radius 1 is 1.25 bits per heavy atom. The van der Waals surface area contributed by atoms with Gasteiger partial charge in [-0.3, -0.25) is 24.4 Å². The van der Waals surface area contributed by atoms with E-state index in [1.54, 1.807) is 24.5 Å². The smallest absolute Gasteiger partial charge is 0.239 e. The van der Waals surface area contributed by atoms with Crippen LogP contribution in [0.2, 0.25) is 0 Å². The minimum Gasteiger partial charge on any atom is -0.353 e. The van der Waals surface area contributed by atoms with E-state index < -0.39 is 0 Å². The number of halogens is 1. The van der Waals surface area contributed by atoms with Crippen LogP contribution in [-0.2, 0) is 22.7 Å². The van der Waals surface area contributed by atoms with Crippen molar-refractivity contribution in [1.82, 2.24) is 25.4 Å². The fourth-order valence-electron chi connectivity index (χ4n) is 4.74. The summed E-state index contributed by atoms with van der Waals surface area (Å²) in [6.45, 7) is 2.42. The molecule has 2 N–H and O–H groups in total. The summed E-state index contributed by atoms with van der Waals surface area (Å²) in [6, 6.07) is 10.2. The van der Waals surface area contributed by atoms with E-state index >= 15 is 0 Å². The fraction of sp³-hybridized carbons (Fsp3) is 0.458. The molecule has 170 valence electrons. The molecule has 2 aliphatic heterocycles. The molecule has 0 spiro atoms. The Bertz CT molecular complexity index is 924. The normalized spacial score (nSPS) is 23.9. The van der Waals surface area contributed by atoms with Crippen LogP contribution < -0.4 is 10.6 Å². The number of pyridine rings is 1. The van der Waals surface area contributed by atoms with Gasteiger partial charge >= 0.3 is 0 Å². The molecule has 2 fully saturated rings. The Morgan fingerprint density at radius 3 is 2.81 bits per heavy atom. The number of hydrogen-bond donors (Lipinski definition) is 2. The molecule has 0 unspecified atom stereocenters. The maximum atomic E-state index is 13.2. The number of fused-ring (bicyclic) bond motifs is 1. The lowest BCUT2D eigenvalue weighted by Gasteiger charge is -2.33. The maximum Gasteiger partial charge on any atom is 0.239 e. The van der Waals surface area contributed by atoms with E-state index in [1.165, 1.54) is 12.1 Å². The number of carbonyl (C=O) groups is 2. The number of nitrogens with zero attached hydrogens (tertiary/aromatic N) is 3. The first-order valence-corrected chi connectivity index (χ1v) is 11.1. The van der Waals surface area contributed by atoms with Gasteiger partial charge in [0.1, 0.15) is 11.9 Å². The second kappa shape index (κ2) is 10.2. The van der Waals surface area contributed by atoms with Gasteiger partial charge in [-0.25, -0.2) is 4.39 Å². The van der Waals surface area contributed by atoms with Crippen molar-refractivity contribution in [2.24, 2.45) is 0 Å². The Morgan fingerprint density at radius 2 is 2.06 bits per heavy atom. The van der Waals surface area contributed by atoms with E-state index in [1.807, 2.05) is 12.1 Å². The van der Waals surface area contributed by atoms with Crippen molar-refractivity contribution in [3.05, 3.63) is 65.7 Å². The number of aromatic nitrogens is 1. The highest BCUT2D eigenvalue weighted by Gasteiger charge is 2.44. The minimum atomic E-state index is -0.257. The van der Waals surface area contributed by atoms with E-state index in [0.717, 1.165) is 24.1 Å². The highest BCUT2D eigenvalue weighted by molar-refractivity contribution is 5.83. The minimum absolute atomic E-state index is 0.00117. The monoisotopic (exact) mass is 439 g/mol. The van der Waals surface area contributed by atoms with Crippen molar-refractivity contribution < 1.29 is 14.0 Å². The fourth-order valence-corrected chi connectivity index (χ4v) is 4.74. The predicted octanol–water partition coefficient (Wildman–Crippen LogP) is 1.69. The van der Waals surface area contributed by atoms with Gasteiger partial charge in [0, 0.05) is 57.1 Å². The second-order valence-corrected chi connectivity index (χ2v) is 8.64. The van der Waals surface area contributed by atoms with Gasteiger partial charge in [0.05, 0.1) is 0 Å². The number of likely N-dealkylation sites (tertiary alicyclic amines) is 1. The standard InChI is InChI=1S/C24H30FN5O2/c1-29-20(8-9-22(31)27-14-18-3-2-11-26-13-18)15-28-24(32)23-21(29)10-12-30(23)16-17-4-6-19(25)7-5-17/h2-7,11,13,20-21,23H,8-10,12,14-16H2,1H3,(H,27,31)(H,28,32)/t20-,21-,23-/m0/s1. The molecule has 4 rings (SSSR count). The summed E-state index contributed by atoms with van der Waals surface area (Å²) in [5, 5.41) is 6.02. The molecule has 1 aromatic heterocycles. The van der Waals surface area contributed by atoms with Crippen LogP contribution in [0, 0.1) is 5.82 Å². The molecular weight excluding hydrogens is 409 g/mol. The number of hydrogen-bond acceptors (Lipinski definition) is 5. The third kappa shape index (κ3) is 5.31. The number of rotatable bonds is 7. The molecular formula is C24H30FN5O2. The molecule has 2 aliphatic rings. The lowest BCUT2D eigenvalue weighted by atomic mass is 10.0. The Hall–Kier alpha value is -2.84. The molecule has 3 atom stereocenters. The van der Waals surface area contributed by atoms with Crippen LogP contribution in [0.1, 0.15) is 30.4 Å². The van der Waals surface area contributed by atoms with Crippen molar-refractivity contribution >= 4 is 11.8 Å². The van der Waals surface area contributed by atoms with Crippen LogP contribution >= 0.6 is 0 Å². The van der Waals surface area contributed by atoms with Crippen molar-refractivity contribution in [3.8, 4) is 0 Å². The number of likely N-dealkylation sites (N-methyl/N-ethyl adjacent to an activating group) is 1. The van der Waals surface area contributed by atoms with Crippen LogP contribution in [0.5, 0.6) is 0 Å².